The minimum Gasteiger partial charge on any atom is -0.406 e. The molecule has 0 radical (unpaired) electrons. The van der Waals surface area contributed by atoms with Crippen molar-refractivity contribution in [2.24, 2.45) is 10.7 Å². The van der Waals surface area contributed by atoms with Gasteiger partial charge in [0.1, 0.15) is 17.9 Å². The minimum atomic E-state index is -4.74. The monoisotopic (exact) mass is 427 g/mol. The van der Waals surface area contributed by atoms with Crippen LogP contribution in [0.25, 0.3) is 5.57 Å². The van der Waals surface area contributed by atoms with Crippen molar-refractivity contribution in [3.8, 4) is 5.75 Å². The first-order valence-corrected chi connectivity index (χ1v) is 9.24. The molecule has 0 bridgehead atoms. The maximum absolute atomic E-state index is 12.3. The van der Waals surface area contributed by atoms with Gasteiger partial charge in [0.25, 0.3) is 0 Å². The average molecular weight is 427 g/mol. The first-order chi connectivity index (χ1) is 14.8. The van der Waals surface area contributed by atoms with Gasteiger partial charge in [-0.2, -0.15) is 0 Å². The number of allylic oxidation sites excluding steroid dienone is 1. The second kappa shape index (κ2) is 9.29. The molecule has 9 heteroatoms. The summed E-state index contributed by atoms with van der Waals surface area (Å²) in [4.78, 5) is 13.2. The molecule has 0 aliphatic carbocycles. The summed E-state index contributed by atoms with van der Waals surface area (Å²) in [5.74, 6) is 0.181. The highest BCUT2D eigenvalue weighted by Crippen LogP contribution is 2.28. The van der Waals surface area contributed by atoms with Crippen molar-refractivity contribution in [1.29, 1.82) is 0 Å². The van der Waals surface area contributed by atoms with Gasteiger partial charge in [-0.3, -0.25) is 4.99 Å². The number of halogens is 3. The number of nitrogens with one attached hydrogen (secondary N) is 1. The Labute approximate surface area is 177 Å². The lowest BCUT2D eigenvalue weighted by molar-refractivity contribution is -0.274. The molecule has 6 nitrogen and oxygen atoms in total. The topological polar surface area (TPSA) is 85.4 Å². The van der Waals surface area contributed by atoms with E-state index in [-0.39, 0.29) is 5.75 Å². The van der Waals surface area contributed by atoms with Crippen LogP contribution in [-0.4, -0.2) is 22.0 Å². The SMILES string of the molecule is CC(=Nc1ccccc1)C(=CN)c1ncnc(Nc2ccc(OC(F)(F)F)cc2)c1C. The van der Waals surface area contributed by atoms with Crippen LogP contribution in [0, 0.1) is 6.92 Å². The Morgan fingerprint density at radius 1 is 1.06 bits per heavy atom. The standard InChI is InChI=1S/C22H20F3N5O/c1-14-20(19(12-26)15(2)29-16-6-4-3-5-7-16)27-13-28-21(14)30-17-8-10-18(11-9-17)31-22(23,24)25/h3-13H,26H2,1-2H3,(H,27,28,30). The second-order valence-electron chi connectivity index (χ2n) is 6.51. The Kier molecular flexibility index (Phi) is 6.54. The third kappa shape index (κ3) is 5.81. The van der Waals surface area contributed by atoms with Crippen molar-refractivity contribution >= 4 is 28.5 Å². The summed E-state index contributed by atoms with van der Waals surface area (Å²) < 4.78 is 40.8. The lowest BCUT2D eigenvalue weighted by Crippen LogP contribution is -2.17. The molecule has 0 unspecified atom stereocenters. The highest BCUT2D eigenvalue weighted by molar-refractivity contribution is 6.23. The molecule has 31 heavy (non-hydrogen) atoms. The Hall–Kier alpha value is -3.88. The summed E-state index contributed by atoms with van der Waals surface area (Å²) in [7, 11) is 0. The third-order valence-electron chi connectivity index (χ3n) is 4.30. The van der Waals surface area contributed by atoms with E-state index in [1.54, 1.807) is 0 Å². The maximum atomic E-state index is 12.3. The van der Waals surface area contributed by atoms with Crippen molar-refractivity contribution < 1.29 is 17.9 Å². The van der Waals surface area contributed by atoms with Crippen molar-refractivity contribution in [3.63, 3.8) is 0 Å². The molecule has 0 amide bonds. The summed E-state index contributed by atoms with van der Waals surface area (Å²) >= 11 is 0. The summed E-state index contributed by atoms with van der Waals surface area (Å²) in [6.07, 6.45) is -1.92. The molecule has 3 N–H and O–H groups in total. The van der Waals surface area contributed by atoms with Crippen LogP contribution in [0.15, 0.2) is 72.1 Å². The predicted molar refractivity (Wildman–Crippen MR) is 115 cm³/mol. The summed E-state index contributed by atoms with van der Waals surface area (Å²) in [6, 6.07) is 14.8. The predicted octanol–water partition coefficient (Wildman–Crippen LogP) is 5.52. The number of hydrogen-bond acceptors (Lipinski definition) is 6. The van der Waals surface area contributed by atoms with Crippen molar-refractivity contribution in [3.05, 3.63) is 78.4 Å². The van der Waals surface area contributed by atoms with Crippen LogP contribution in [0.1, 0.15) is 18.2 Å². The van der Waals surface area contributed by atoms with E-state index < -0.39 is 6.36 Å². The first kappa shape index (κ1) is 21.8. The highest BCUT2D eigenvalue weighted by Gasteiger charge is 2.30. The molecule has 160 valence electrons. The van der Waals surface area contributed by atoms with E-state index >= 15 is 0 Å². The lowest BCUT2D eigenvalue weighted by atomic mass is 10.0. The smallest absolute Gasteiger partial charge is 0.406 e. The lowest BCUT2D eigenvalue weighted by Gasteiger charge is -2.14. The van der Waals surface area contributed by atoms with Gasteiger partial charge in [0.2, 0.25) is 0 Å². The zero-order chi connectivity index (χ0) is 22.4. The zero-order valence-corrected chi connectivity index (χ0v) is 16.8. The quantitative estimate of drug-likeness (QED) is 0.506. The van der Waals surface area contributed by atoms with Gasteiger partial charge < -0.3 is 15.8 Å². The molecule has 0 fully saturated rings. The minimum absolute atomic E-state index is 0.306. The van der Waals surface area contributed by atoms with E-state index in [0.717, 1.165) is 5.69 Å². The highest BCUT2D eigenvalue weighted by atomic mass is 19.4. The van der Waals surface area contributed by atoms with Gasteiger partial charge in [-0.25, -0.2) is 9.97 Å². The van der Waals surface area contributed by atoms with Crippen molar-refractivity contribution in [2.75, 3.05) is 5.32 Å². The Morgan fingerprint density at radius 3 is 2.35 bits per heavy atom. The van der Waals surface area contributed by atoms with E-state index in [9.17, 15) is 13.2 Å². The number of nitrogens with two attached hydrogens (primary N) is 1. The van der Waals surface area contributed by atoms with Gasteiger partial charge in [-0.05, 0) is 50.2 Å². The van der Waals surface area contributed by atoms with Crippen LogP contribution in [0.4, 0.5) is 30.4 Å². The molecule has 0 spiro atoms. The molecule has 0 saturated heterocycles. The van der Waals surface area contributed by atoms with Crippen LogP contribution in [0.5, 0.6) is 5.75 Å². The van der Waals surface area contributed by atoms with Crippen LogP contribution in [0.2, 0.25) is 0 Å². The van der Waals surface area contributed by atoms with Gasteiger partial charge >= 0.3 is 6.36 Å². The molecule has 0 saturated carbocycles. The summed E-state index contributed by atoms with van der Waals surface area (Å²) in [5.41, 5.74) is 9.80. The number of ether oxygens (including phenoxy) is 1. The number of anilines is 2. The Morgan fingerprint density at radius 2 is 1.74 bits per heavy atom. The number of hydrogen-bond donors (Lipinski definition) is 2. The molecular weight excluding hydrogens is 407 g/mol. The fourth-order valence-corrected chi connectivity index (χ4v) is 2.85. The molecule has 0 aliphatic heterocycles. The van der Waals surface area contributed by atoms with Crippen LogP contribution < -0.4 is 15.8 Å². The molecule has 0 aliphatic rings. The number of para-hydroxylation sites is 1. The van der Waals surface area contributed by atoms with Crippen molar-refractivity contribution in [2.45, 2.75) is 20.2 Å². The maximum Gasteiger partial charge on any atom is 0.573 e. The molecule has 1 aromatic heterocycles. The van der Waals surface area contributed by atoms with Gasteiger partial charge in [-0.1, -0.05) is 18.2 Å². The Bertz CT molecular complexity index is 1090. The van der Waals surface area contributed by atoms with Gasteiger partial charge in [0.15, 0.2) is 0 Å². The number of aliphatic imine (C=N–C) groups is 1. The van der Waals surface area contributed by atoms with E-state index in [1.807, 2.05) is 44.2 Å². The summed E-state index contributed by atoms with van der Waals surface area (Å²) in [6.45, 7) is 3.65. The fourth-order valence-electron chi connectivity index (χ4n) is 2.85. The van der Waals surface area contributed by atoms with E-state index in [1.165, 1.54) is 36.8 Å². The second-order valence-corrected chi connectivity index (χ2v) is 6.51. The van der Waals surface area contributed by atoms with Gasteiger partial charge in [-0.15, -0.1) is 13.2 Å². The van der Waals surface area contributed by atoms with E-state index in [2.05, 4.69) is 25.0 Å². The van der Waals surface area contributed by atoms with Gasteiger partial charge in [0, 0.05) is 28.7 Å². The third-order valence-corrected chi connectivity index (χ3v) is 4.30. The van der Waals surface area contributed by atoms with Gasteiger partial charge in [0.05, 0.1) is 11.4 Å². The van der Waals surface area contributed by atoms with E-state index in [0.29, 0.717) is 34.0 Å². The number of aromatic nitrogens is 2. The number of alkyl halides is 3. The molecular formula is C22H20F3N5O. The molecule has 1 heterocycles. The van der Waals surface area contributed by atoms with E-state index in [4.69, 9.17) is 5.73 Å². The fraction of sp³-hybridized carbons (Fsp3) is 0.136. The van der Waals surface area contributed by atoms with Crippen LogP contribution >= 0.6 is 0 Å². The largest absolute Gasteiger partial charge is 0.573 e. The molecule has 3 aromatic rings. The molecule has 3 rings (SSSR count). The number of rotatable bonds is 6. The summed E-state index contributed by atoms with van der Waals surface area (Å²) in [5, 5.41) is 3.07. The average Bonchev–Trinajstić information content (AvgIpc) is 2.72. The molecule has 2 aromatic carbocycles. The van der Waals surface area contributed by atoms with Crippen LogP contribution in [-0.2, 0) is 0 Å². The van der Waals surface area contributed by atoms with Crippen molar-refractivity contribution in [1.82, 2.24) is 9.97 Å². The Balaban J connectivity index is 1.85. The normalized spacial score (nSPS) is 12.5. The molecule has 0 atom stereocenters. The zero-order valence-electron chi connectivity index (χ0n) is 16.8. The number of benzene rings is 2. The van der Waals surface area contributed by atoms with Crippen LogP contribution in [0.3, 0.4) is 0 Å². The first-order valence-electron chi connectivity index (χ1n) is 9.24. The number of nitrogens with zero attached hydrogens (tertiary/aromatic N) is 3.